The molecule has 4 aromatic rings. The van der Waals surface area contributed by atoms with E-state index in [1.54, 1.807) is 0 Å². The Labute approximate surface area is 179 Å². The summed E-state index contributed by atoms with van der Waals surface area (Å²) in [5, 5.41) is 13.5. The van der Waals surface area contributed by atoms with Crippen LogP contribution in [0, 0.1) is 13.8 Å². The van der Waals surface area contributed by atoms with Crippen LogP contribution in [0.5, 0.6) is 0 Å². The smallest absolute Gasteiger partial charge is 0.257 e. The van der Waals surface area contributed by atoms with Crippen molar-refractivity contribution in [3.8, 4) is 17.1 Å². The molecule has 0 radical (unpaired) electrons. The Morgan fingerprint density at radius 1 is 1.00 bits per heavy atom. The lowest BCUT2D eigenvalue weighted by atomic mass is 9.91. The Kier molecular flexibility index (Phi) is 4.18. The van der Waals surface area contributed by atoms with Crippen molar-refractivity contribution in [1.29, 1.82) is 0 Å². The Balaban J connectivity index is 1.77. The molecule has 0 aliphatic carbocycles. The summed E-state index contributed by atoms with van der Waals surface area (Å²) in [6.07, 6.45) is 0. The van der Waals surface area contributed by atoms with E-state index in [0.717, 1.165) is 34.3 Å². The van der Waals surface area contributed by atoms with Gasteiger partial charge in [-0.1, -0.05) is 30.6 Å². The number of rotatable bonds is 2. The molecule has 0 spiro atoms. The zero-order chi connectivity index (χ0) is 21.0. The first kappa shape index (κ1) is 18.8. The average Bonchev–Trinajstić information content (AvgIpc) is 3.30. The number of aryl methyl sites for hydroxylation is 2. The molecule has 7 nitrogen and oxygen atoms in total. The average molecular weight is 421 g/mol. The van der Waals surface area contributed by atoms with Gasteiger partial charge in [-0.05, 0) is 56.3 Å². The van der Waals surface area contributed by atoms with Crippen molar-refractivity contribution in [2.24, 2.45) is 0 Å². The zero-order valence-corrected chi connectivity index (χ0v) is 18.0. The maximum atomic E-state index is 6.15. The highest BCUT2D eigenvalue weighted by Gasteiger charge is 2.36. The standard InChI is InChI=1S/C22H21ClN6O/c1-13-24-20(30-27-13)15-5-10-18-19(11-15)28(17-8-6-16(23)7-9-17)12-22(3,4)21-26-25-14(2)29(18)21/h5-11H,12H2,1-4H3. The van der Waals surface area contributed by atoms with Crippen molar-refractivity contribution in [2.75, 3.05) is 11.4 Å². The van der Waals surface area contributed by atoms with E-state index in [1.807, 2.05) is 44.2 Å². The molecule has 1 aliphatic rings. The van der Waals surface area contributed by atoms with Crippen LogP contribution in [0.4, 0.5) is 11.4 Å². The molecule has 0 unspecified atom stereocenters. The maximum absolute atomic E-state index is 6.15. The molecular weight excluding hydrogens is 400 g/mol. The van der Waals surface area contributed by atoms with E-state index < -0.39 is 0 Å². The van der Waals surface area contributed by atoms with E-state index in [4.69, 9.17) is 16.1 Å². The number of anilines is 2. The van der Waals surface area contributed by atoms with Crippen LogP contribution in [0.2, 0.25) is 5.02 Å². The molecule has 30 heavy (non-hydrogen) atoms. The zero-order valence-electron chi connectivity index (χ0n) is 17.2. The Morgan fingerprint density at radius 3 is 2.47 bits per heavy atom. The van der Waals surface area contributed by atoms with Gasteiger partial charge in [0.1, 0.15) is 11.6 Å². The van der Waals surface area contributed by atoms with Gasteiger partial charge < -0.3 is 9.42 Å². The van der Waals surface area contributed by atoms with E-state index in [9.17, 15) is 0 Å². The summed E-state index contributed by atoms with van der Waals surface area (Å²) in [7, 11) is 0. The van der Waals surface area contributed by atoms with E-state index >= 15 is 0 Å². The minimum absolute atomic E-state index is 0.249. The fourth-order valence-corrected chi connectivity index (χ4v) is 4.09. The summed E-state index contributed by atoms with van der Waals surface area (Å²) < 4.78 is 7.55. The highest BCUT2D eigenvalue weighted by molar-refractivity contribution is 6.30. The molecule has 3 heterocycles. The number of hydrogen-bond donors (Lipinski definition) is 0. The van der Waals surface area contributed by atoms with Crippen molar-refractivity contribution in [3.05, 3.63) is 65.0 Å². The van der Waals surface area contributed by atoms with Crippen molar-refractivity contribution >= 4 is 23.0 Å². The summed E-state index contributed by atoms with van der Waals surface area (Å²) in [4.78, 5) is 6.68. The van der Waals surface area contributed by atoms with Gasteiger partial charge in [-0.25, -0.2) is 0 Å². The number of benzene rings is 2. The molecule has 0 fully saturated rings. The monoisotopic (exact) mass is 420 g/mol. The molecule has 2 aromatic carbocycles. The lowest BCUT2D eigenvalue weighted by Gasteiger charge is -2.31. The predicted octanol–water partition coefficient (Wildman–Crippen LogP) is 5.02. The second-order valence-electron chi connectivity index (χ2n) is 8.20. The van der Waals surface area contributed by atoms with Gasteiger partial charge in [-0.3, -0.25) is 4.57 Å². The largest absolute Gasteiger partial charge is 0.339 e. The van der Waals surface area contributed by atoms with Gasteiger partial charge in [-0.15, -0.1) is 10.2 Å². The molecule has 1 aliphatic heterocycles. The fraction of sp³-hybridized carbons (Fsp3) is 0.273. The first-order valence-corrected chi connectivity index (χ1v) is 10.1. The summed E-state index contributed by atoms with van der Waals surface area (Å²) in [5.74, 6) is 2.88. The summed E-state index contributed by atoms with van der Waals surface area (Å²) >= 11 is 6.15. The summed E-state index contributed by atoms with van der Waals surface area (Å²) in [6, 6.07) is 14.0. The SMILES string of the molecule is Cc1noc(-c2ccc3c(c2)N(c2ccc(Cl)cc2)CC(C)(C)c2nnc(C)n2-3)n1. The van der Waals surface area contributed by atoms with Crippen molar-refractivity contribution in [1.82, 2.24) is 24.9 Å². The van der Waals surface area contributed by atoms with Crippen LogP contribution < -0.4 is 4.90 Å². The second kappa shape index (κ2) is 6.67. The molecular formula is C22H21ClN6O. The molecule has 0 saturated heterocycles. The van der Waals surface area contributed by atoms with Crippen molar-refractivity contribution in [3.63, 3.8) is 0 Å². The number of nitrogens with zero attached hydrogens (tertiary/aromatic N) is 6. The lowest BCUT2D eigenvalue weighted by molar-refractivity contribution is 0.425. The molecule has 8 heteroatoms. The minimum Gasteiger partial charge on any atom is -0.339 e. The van der Waals surface area contributed by atoms with Gasteiger partial charge in [0.25, 0.3) is 5.89 Å². The normalized spacial score (nSPS) is 14.9. The number of fused-ring (bicyclic) bond motifs is 3. The number of hydrogen-bond acceptors (Lipinski definition) is 6. The molecule has 152 valence electrons. The maximum Gasteiger partial charge on any atom is 0.257 e. The predicted molar refractivity (Wildman–Crippen MR) is 116 cm³/mol. The van der Waals surface area contributed by atoms with Gasteiger partial charge in [0.05, 0.1) is 11.4 Å². The summed E-state index contributed by atoms with van der Waals surface area (Å²) in [5.41, 5.74) is 3.68. The molecule has 2 aromatic heterocycles. The quantitative estimate of drug-likeness (QED) is 0.453. The summed E-state index contributed by atoms with van der Waals surface area (Å²) in [6.45, 7) is 8.87. The second-order valence-corrected chi connectivity index (χ2v) is 8.64. The van der Waals surface area contributed by atoms with Crippen LogP contribution in [0.25, 0.3) is 17.1 Å². The Hall–Kier alpha value is -3.19. The molecule has 5 rings (SSSR count). The number of aromatic nitrogens is 5. The van der Waals surface area contributed by atoms with Gasteiger partial charge in [0.2, 0.25) is 0 Å². The van der Waals surface area contributed by atoms with Crippen LogP contribution >= 0.6 is 11.6 Å². The highest BCUT2D eigenvalue weighted by atomic mass is 35.5. The van der Waals surface area contributed by atoms with E-state index in [-0.39, 0.29) is 5.41 Å². The minimum atomic E-state index is -0.249. The van der Waals surface area contributed by atoms with Gasteiger partial charge in [0.15, 0.2) is 5.82 Å². The molecule has 0 atom stereocenters. The lowest BCUT2D eigenvalue weighted by Crippen LogP contribution is -2.34. The van der Waals surface area contributed by atoms with Gasteiger partial charge in [-0.2, -0.15) is 4.98 Å². The Bertz CT molecular complexity index is 1240. The van der Waals surface area contributed by atoms with Crippen LogP contribution in [-0.2, 0) is 5.41 Å². The van der Waals surface area contributed by atoms with Crippen molar-refractivity contribution < 1.29 is 4.52 Å². The van der Waals surface area contributed by atoms with Crippen LogP contribution in [0.15, 0.2) is 47.0 Å². The third kappa shape index (κ3) is 2.97. The molecule has 0 bridgehead atoms. The third-order valence-corrected chi connectivity index (χ3v) is 5.66. The van der Waals surface area contributed by atoms with Crippen LogP contribution in [-0.4, -0.2) is 31.4 Å². The van der Waals surface area contributed by atoms with Crippen LogP contribution in [0.1, 0.15) is 31.3 Å². The fourth-order valence-electron chi connectivity index (χ4n) is 3.97. The Morgan fingerprint density at radius 2 is 1.77 bits per heavy atom. The van der Waals surface area contributed by atoms with E-state index in [0.29, 0.717) is 23.3 Å². The molecule has 0 N–H and O–H groups in total. The van der Waals surface area contributed by atoms with Gasteiger partial charge >= 0.3 is 0 Å². The number of halogens is 1. The third-order valence-electron chi connectivity index (χ3n) is 5.40. The topological polar surface area (TPSA) is 72.9 Å². The first-order chi connectivity index (χ1) is 14.3. The van der Waals surface area contributed by atoms with E-state index in [1.165, 1.54) is 0 Å². The van der Waals surface area contributed by atoms with E-state index in [2.05, 4.69) is 55.8 Å². The highest BCUT2D eigenvalue weighted by Crippen LogP contribution is 2.42. The molecule has 0 amide bonds. The molecule has 0 saturated carbocycles. The van der Waals surface area contributed by atoms with Crippen LogP contribution in [0.3, 0.4) is 0 Å². The first-order valence-electron chi connectivity index (χ1n) is 9.74. The van der Waals surface area contributed by atoms with Crippen molar-refractivity contribution in [2.45, 2.75) is 33.1 Å². The van der Waals surface area contributed by atoms with Gasteiger partial charge in [0, 0.05) is 28.2 Å².